The molecule has 0 saturated heterocycles. The van der Waals surface area contributed by atoms with E-state index in [0.717, 1.165) is 18.6 Å². The first kappa shape index (κ1) is 17.5. The summed E-state index contributed by atoms with van der Waals surface area (Å²) < 4.78 is 3.13. The fraction of sp³-hybridized carbons (Fsp3) is 0.556. The molecule has 2 aromatic rings. The number of nitrogens with zero attached hydrogens (tertiary/aromatic N) is 3. The van der Waals surface area contributed by atoms with E-state index in [2.05, 4.69) is 32.6 Å². The molecule has 0 aliphatic heterocycles. The second kappa shape index (κ2) is 7.59. The van der Waals surface area contributed by atoms with Crippen molar-refractivity contribution in [3.8, 4) is 0 Å². The van der Waals surface area contributed by atoms with Gasteiger partial charge >= 0.3 is 5.69 Å². The minimum absolute atomic E-state index is 0.183. The summed E-state index contributed by atoms with van der Waals surface area (Å²) in [5.74, 6) is 0.338. The summed E-state index contributed by atoms with van der Waals surface area (Å²) in [6.45, 7) is 11.9. The van der Waals surface area contributed by atoms with Crippen molar-refractivity contribution < 1.29 is 0 Å². The molecule has 0 fully saturated rings. The zero-order valence-corrected chi connectivity index (χ0v) is 14.6. The number of likely N-dealkylation sites (N-methyl/N-ethyl adjacent to an activating group) is 1. The maximum absolute atomic E-state index is 12.8. The first-order chi connectivity index (χ1) is 11.0. The third kappa shape index (κ3) is 3.72. The summed E-state index contributed by atoms with van der Waals surface area (Å²) in [4.78, 5) is 27.8. The Morgan fingerprint density at radius 3 is 2.30 bits per heavy atom. The number of hydrogen-bond donors (Lipinski definition) is 0. The third-order valence-corrected chi connectivity index (χ3v) is 4.21. The van der Waals surface area contributed by atoms with Gasteiger partial charge in [0.1, 0.15) is 0 Å². The number of benzene rings is 1. The molecule has 1 aromatic carbocycles. The van der Waals surface area contributed by atoms with Crippen molar-refractivity contribution in [1.29, 1.82) is 0 Å². The molecule has 23 heavy (non-hydrogen) atoms. The normalized spacial score (nSPS) is 11.7. The van der Waals surface area contributed by atoms with Crippen LogP contribution in [0.1, 0.15) is 27.7 Å². The van der Waals surface area contributed by atoms with Gasteiger partial charge in [0.05, 0.1) is 10.9 Å². The monoisotopic (exact) mass is 317 g/mol. The van der Waals surface area contributed by atoms with E-state index in [9.17, 15) is 9.59 Å². The highest BCUT2D eigenvalue weighted by Gasteiger charge is 2.14. The van der Waals surface area contributed by atoms with Crippen LogP contribution in [0.2, 0.25) is 0 Å². The SMILES string of the molecule is CCN(CC)CCn1c(=O)c2ccccc2n(CC(C)C)c1=O. The first-order valence-electron chi connectivity index (χ1n) is 8.44. The molecule has 0 atom stereocenters. The van der Waals surface area contributed by atoms with Crippen molar-refractivity contribution in [3.63, 3.8) is 0 Å². The summed E-state index contributed by atoms with van der Waals surface area (Å²) in [6, 6.07) is 7.39. The Balaban J connectivity index is 2.56. The molecule has 0 aliphatic rings. The fourth-order valence-corrected chi connectivity index (χ4v) is 2.89. The lowest BCUT2D eigenvalue weighted by Gasteiger charge is -2.20. The van der Waals surface area contributed by atoms with Gasteiger partial charge in [0.15, 0.2) is 0 Å². The number of rotatable bonds is 7. The van der Waals surface area contributed by atoms with Crippen molar-refractivity contribution in [3.05, 3.63) is 45.1 Å². The highest BCUT2D eigenvalue weighted by atomic mass is 16.2. The summed E-state index contributed by atoms with van der Waals surface area (Å²) in [6.07, 6.45) is 0. The Bertz CT molecular complexity index is 770. The van der Waals surface area contributed by atoms with Crippen LogP contribution < -0.4 is 11.2 Å². The molecule has 2 rings (SSSR count). The van der Waals surface area contributed by atoms with E-state index in [1.807, 2.05) is 24.3 Å². The third-order valence-electron chi connectivity index (χ3n) is 4.21. The summed E-state index contributed by atoms with van der Waals surface area (Å²) >= 11 is 0. The molecule has 5 nitrogen and oxygen atoms in total. The summed E-state index contributed by atoms with van der Waals surface area (Å²) in [7, 11) is 0. The zero-order valence-electron chi connectivity index (χ0n) is 14.6. The quantitative estimate of drug-likeness (QED) is 0.786. The van der Waals surface area contributed by atoms with E-state index in [1.54, 1.807) is 4.57 Å². The lowest BCUT2D eigenvalue weighted by Crippen LogP contribution is -2.43. The van der Waals surface area contributed by atoms with E-state index >= 15 is 0 Å². The molecule has 0 unspecified atom stereocenters. The molecule has 0 saturated carbocycles. The van der Waals surface area contributed by atoms with Crippen LogP contribution in [-0.2, 0) is 13.1 Å². The second-order valence-electron chi connectivity index (χ2n) is 6.29. The molecular formula is C18H27N3O2. The average molecular weight is 317 g/mol. The van der Waals surface area contributed by atoms with Crippen LogP contribution in [0.4, 0.5) is 0 Å². The molecule has 0 spiro atoms. The Hall–Kier alpha value is -1.88. The maximum atomic E-state index is 12.8. The molecule has 0 N–H and O–H groups in total. The minimum atomic E-state index is -0.199. The van der Waals surface area contributed by atoms with Gasteiger partial charge in [0, 0.05) is 19.6 Å². The van der Waals surface area contributed by atoms with E-state index < -0.39 is 0 Å². The molecule has 126 valence electrons. The van der Waals surface area contributed by atoms with Gasteiger partial charge in [-0.25, -0.2) is 4.79 Å². The lowest BCUT2D eigenvalue weighted by atomic mass is 10.2. The van der Waals surface area contributed by atoms with Crippen LogP contribution in [0.3, 0.4) is 0 Å². The van der Waals surface area contributed by atoms with Crippen molar-refractivity contribution in [2.24, 2.45) is 5.92 Å². The molecule has 0 bridgehead atoms. The Kier molecular flexibility index (Phi) is 5.77. The van der Waals surface area contributed by atoms with E-state index in [0.29, 0.717) is 30.9 Å². The smallest absolute Gasteiger partial charge is 0.302 e. The van der Waals surface area contributed by atoms with Crippen molar-refractivity contribution in [2.75, 3.05) is 19.6 Å². The van der Waals surface area contributed by atoms with E-state index in [-0.39, 0.29) is 11.2 Å². The fourth-order valence-electron chi connectivity index (χ4n) is 2.89. The Morgan fingerprint density at radius 2 is 1.70 bits per heavy atom. The van der Waals surface area contributed by atoms with Crippen LogP contribution in [-0.4, -0.2) is 33.7 Å². The van der Waals surface area contributed by atoms with Crippen LogP contribution in [0.5, 0.6) is 0 Å². The average Bonchev–Trinajstić information content (AvgIpc) is 2.54. The molecule has 5 heteroatoms. The van der Waals surface area contributed by atoms with Gasteiger partial charge in [-0.15, -0.1) is 0 Å². The molecule has 1 heterocycles. The summed E-state index contributed by atoms with van der Waals surface area (Å²) in [5, 5.41) is 0.618. The van der Waals surface area contributed by atoms with Crippen LogP contribution >= 0.6 is 0 Å². The highest BCUT2D eigenvalue weighted by Crippen LogP contribution is 2.09. The first-order valence-corrected chi connectivity index (χ1v) is 8.44. The number of aromatic nitrogens is 2. The van der Waals surface area contributed by atoms with Crippen LogP contribution in [0, 0.1) is 5.92 Å². The minimum Gasteiger partial charge on any atom is -0.302 e. The number of para-hydroxylation sites is 1. The molecular weight excluding hydrogens is 290 g/mol. The molecule has 0 amide bonds. The molecule has 1 aromatic heterocycles. The molecule has 0 aliphatic carbocycles. The van der Waals surface area contributed by atoms with Gasteiger partial charge in [0.25, 0.3) is 5.56 Å². The molecule has 0 radical (unpaired) electrons. The number of hydrogen-bond acceptors (Lipinski definition) is 3. The Morgan fingerprint density at radius 1 is 1.04 bits per heavy atom. The van der Waals surface area contributed by atoms with Crippen LogP contribution in [0.25, 0.3) is 10.9 Å². The predicted molar refractivity (Wildman–Crippen MR) is 95.1 cm³/mol. The number of fused-ring (bicyclic) bond motifs is 1. The predicted octanol–water partition coefficient (Wildman–Crippen LogP) is 2.16. The van der Waals surface area contributed by atoms with Gasteiger partial charge in [0.2, 0.25) is 0 Å². The van der Waals surface area contributed by atoms with Crippen molar-refractivity contribution >= 4 is 10.9 Å². The topological polar surface area (TPSA) is 47.2 Å². The summed E-state index contributed by atoms with van der Waals surface area (Å²) in [5.41, 5.74) is 0.350. The highest BCUT2D eigenvalue weighted by molar-refractivity contribution is 5.77. The van der Waals surface area contributed by atoms with Gasteiger partial charge in [-0.3, -0.25) is 13.9 Å². The second-order valence-corrected chi connectivity index (χ2v) is 6.29. The zero-order chi connectivity index (χ0) is 17.0. The Labute approximate surface area is 137 Å². The van der Waals surface area contributed by atoms with Gasteiger partial charge < -0.3 is 4.90 Å². The van der Waals surface area contributed by atoms with Gasteiger partial charge in [-0.1, -0.05) is 39.8 Å². The van der Waals surface area contributed by atoms with Crippen molar-refractivity contribution in [2.45, 2.75) is 40.8 Å². The largest absolute Gasteiger partial charge is 0.331 e. The standard InChI is InChI=1S/C18H27N3O2/c1-5-19(6-2)11-12-20-17(22)15-9-7-8-10-16(15)21(18(20)23)13-14(3)4/h7-10,14H,5-6,11-13H2,1-4H3. The van der Waals surface area contributed by atoms with Crippen LogP contribution in [0.15, 0.2) is 33.9 Å². The van der Waals surface area contributed by atoms with Crippen molar-refractivity contribution in [1.82, 2.24) is 14.0 Å². The van der Waals surface area contributed by atoms with E-state index in [1.165, 1.54) is 4.57 Å². The maximum Gasteiger partial charge on any atom is 0.331 e. The van der Waals surface area contributed by atoms with E-state index in [4.69, 9.17) is 0 Å². The van der Waals surface area contributed by atoms with Gasteiger partial charge in [-0.2, -0.15) is 0 Å². The lowest BCUT2D eigenvalue weighted by molar-refractivity contribution is 0.285. The van der Waals surface area contributed by atoms with Gasteiger partial charge in [-0.05, 0) is 31.1 Å².